The predicted octanol–water partition coefficient (Wildman–Crippen LogP) is 5.44. The third-order valence-electron chi connectivity index (χ3n) is 3.45. The van der Waals surface area contributed by atoms with Gasteiger partial charge in [0.2, 0.25) is 0 Å². The molecular weight excluding hydrogens is 334 g/mol. The normalized spacial score (nSPS) is 10.3. The molecule has 0 aromatic heterocycles. The molecule has 5 heteroatoms. The monoisotopic (exact) mass is 359 g/mol. The van der Waals surface area contributed by atoms with Crippen molar-refractivity contribution in [1.82, 2.24) is 4.90 Å². The fourth-order valence-corrected chi connectivity index (χ4v) is 2.87. The average molecular weight is 359 g/mol. The van der Waals surface area contributed by atoms with Crippen molar-refractivity contribution in [3.63, 3.8) is 0 Å². The summed E-state index contributed by atoms with van der Waals surface area (Å²) in [4.78, 5) is 13.0. The maximum Gasteiger partial charge on any atom is 0.281 e. The van der Waals surface area contributed by atoms with E-state index in [0.29, 0.717) is 6.61 Å². The van der Waals surface area contributed by atoms with Crippen LogP contribution in [-0.4, -0.2) is 36.6 Å². The molecule has 0 unspecified atom stereocenters. The fourth-order valence-electron chi connectivity index (χ4n) is 2.09. The van der Waals surface area contributed by atoms with Crippen LogP contribution in [0, 0.1) is 0 Å². The lowest BCUT2D eigenvalue weighted by molar-refractivity contribution is 0.241. The van der Waals surface area contributed by atoms with E-state index in [4.69, 9.17) is 9.47 Å². The van der Waals surface area contributed by atoms with Crippen LogP contribution in [0.5, 0.6) is 17.2 Å². The maximum absolute atomic E-state index is 11.4. The minimum Gasteiger partial charge on any atom is -0.494 e. The van der Waals surface area contributed by atoms with E-state index in [1.54, 1.807) is 19.0 Å². The van der Waals surface area contributed by atoms with Crippen molar-refractivity contribution in [2.45, 2.75) is 19.3 Å². The lowest BCUT2D eigenvalue weighted by atomic mass is 10.2. The Morgan fingerprint density at radius 3 is 2.20 bits per heavy atom. The summed E-state index contributed by atoms with van der Waals surface area (Å²) in [6, 6.07) is 17.4. The molecule has 0 fully saturated rings. The molecule has 0 radical (unpaired) electrons. The molecule has 0 heterocycles. The van der Waals surface area contributed by atoms with Gasteiger partial charge in [-0.2, -0.15) is 0 Å². The lowest BCUT2D eigenvalue weighted by Gasteiger charge is -2.09. The van der Waals surface area contributed by atoms with Gasteiger partial charge in [0.25, 0.3) is 5.24 Å². The molecule has 0 N–H and O–H groups in total. The van der Waals surface area contributed by atoms with Crippen LogP contribution in [0.1, 0.15) is 19.3 Å². The molecular formula is C20H25NO3S. The van der Waals surface area contributed by atoms with Crippen LogP contribution in [0.4, 0.5) is 4.79 Å². The van der Waals surface area contributed by atoms with Crippen molar-refractivity contribution < 1.29 is 14.3 Å². The number of hydrogen-bond acceptors (Lipinski definition) is 4. The van der Waals surface area contributed by atoms with Crippen molar-refractivity contribution in [3.8, 4) is 17.2 Å². The summed E-state index contributed by atoms with van der Waals surface area (Å²) in [7, 11) is 3.55. The van der Waals surface area contributed by atoms with Gasteiger partial charge < -0.3 is 14.4 Å². The van der Waals surface area contributed by atoms with E-state index < -0.39 is 0 Å². The van der Waals surface area contributed by atoms with Gasteiger partial charge in [-0.15, -0.1) is 0 Å². The standard InChI is InChI=1S/C20H25NO3S/c1-21(2)20(22)25-16-8-4-7-15-23-17-11-13-19(14-12-17)24-18-9-5-3-6-10-18/h3,5-6,9-14H,4,7-8,15-16H2,1-2H3. The van der Waals surface area contributed by atoms with Gasteiger partial charge in [-0.3, -0.25) is 4.79 Å². The van der Waals surface area contributed by atoms with Gasteiger partial charge in [0.1, 0.15) is 17.2 Å². The highest BCUT2D eigenvalue weighted by molar-refractivity contribution is 8.13. The Hall–Kier alpha value is -2.14. The number of ether oxygens (including phenoxy) is 2. The van der Waals surface area contributed by atoms with Crippen molar-refractivity contribution in [2.24, 2.45) is 0 Å². The molecule has 2 aromatic rings. The second kappa shape index (κ2) is 10.7. The van der Waals surface area contributed by atoms with Gasteiger partial charge in [0, 0.05) is 19.8 Å². The molecule has 0 aliphatic heterocycles. The number of rotatable bonds is 9. The minimum absolute atomic E-state index is 0.120. The van der Waals surface area contributed by atoms with Gasteiger partial charge in [-0.05, 0) is 55.7 Å². The molecule has 0 spiro atoms. The van der Waals surface area contributed by atoms with Crippen LogP contribution in [0.25, 0.3) is 0 Å². The summed E-state index contributed by atoms with van der Waals surface area (Å²) < 4.78 is 11.5. The first kappa shape index (κ1) is 19.2. The zero-order valence-corrected chi connectivity index (χ0v) is 15.6. The maximum atomic E-state index is 11.4. The van der Waals surface area contributed by atoms with Gasteiger partial charge in [-0.25, -0.2) is 0 Å². The summed E-state index contributed by atoms with van der Waals surface area (Å²) in [6.07, 6.45) is 3.07. The van der Waals surface area contributed by atoms with Crippen LogP contribution in [0.3, 0.4) is 0 Å². The zero-order valence-electron chi connectivity index (χ0n) is 14.8. The van der Waals surface area contributed by atoms with Gasteiger partial charge >= 0.3 is 0 Å². The van der Waals surface area contributed by atoms with E-state index in [-0.39, 0.29) is 5.24 Å². The zero-order chi connectivity index (χ0) is 17.9. The smallest absolute Gasteiger partial charge is 0.281 e. The van der Waals surface area contributed by atoms with Crippen molar-refractivity contribution in [1.29, 1.82) is 0 Å². The van der Waals surface area contributed by atoms with E-state index in [2.05, 4.69) is 0 Å². The number of amides is 1. The van der Waals surface area contributed by atoms with Gasteiger partial charge in [0.15, 0.2) is 0 Å². The van der Waals surface area contributed by atoms with Crippen molar-refractivity contribution in [2.75, 3.05) is 26.5 Å². The number of carbonyl (C=O) groups is 1. The van der Waals surface area contributed by atoms with E-state index >= 15 is 0 Å². The highest BCUT2D eigenvalue weighted by Gasteiger charge is 2.03. The Kier molecular flexibility index (Phi) is 8.19. The summed E-state index contributed by atoms with van der Waals surface area (Å²) in [5, 5.41) is 0.120. The van der Waals surface area contributed by atoms with Crippen LogP contribution < -0.4 is 9.47 Å². The summed E-state index contributed by atoms with van der Waals surface area (Å²) in [5.41, 5.74) is 0. The predicted molar refractivity (Wildman–Crippen MR) is 104 cm³/mol. The summed E-state index contributed by atoms with van der Waals surface area (Å²) in [6.45, 7) is 0.686. The average Bonchev–Trinajstić information content (AvgIpc) is 2.63. The van der Waals surface area contributed by atoms with Crippen molar-refractivity contribution >= 4 is 17.0 Å². The molecule has 0 aliphatic carbocycles. The SMILES string of the molecule is CN(C)C(=O)SCCCCCOc1ccc(Oc2ccccc2)cc1. The van der Waals surface area contributed by atoms with Gasteiger partial charge in [0.05, 0.1) is 6.61 Å². The van der Waals surface area contributed by atoms with E-state index in [1.807, 2.05) is 54.6 Å². The van der Waals surface area contributed by atoms with Gasteiger partial charge in [-0.1, -0.05) is 30.0 Å². The number of nitrogens with zero attached hydrogens (tertiary/aromatic N) is 1. The minimum atomic E-state index is 0.120. The lowest BCUT2D eigenvalue weighted by Crippen LogP contribution is -2.16. The molecule has 4 nitrogen and oxygen atoms in total. The Balaban J connectivity index is 1.59. The molecule has 134 valence electrons. The van der Waals surface area contributed by atoms with E-state index in [9.17, 15) is 4.79 Å². The largest absolute Gasteiger partial charge is 0.494 e. The highest BCUT2D eigenvalue weighted by atomic mass is 32.2. The number of carbonyl (C=O) groups excluding carboxylic acids is 1. The number of benzene rings is 2. The number of hydrogen-bond donors (Lipinski definition) is 0. The Labute approximate surface area is 154 Å². The number of para-hydroxylation sites is 1. The molecule has 0 saturated heterocycles. The second-order valence-corrected chi connectivity index (χ2v) is 6.85. The number of unbranched alkanes of at least 4 members (excludes halogenated alkanes) is 2. The van der Waals surface area contributed by atoms with E-state index in [1.165, 1.54) is 11.8 Å². The van der Waals surface area contributed by atoms with Crippen LogP contribution in [-0.2, 0) is 0 Å². The first-order chi connectivity index (χ1) is 12.1. The Morgan fingerprint density at radius 2 is 1.52 bits per heavy atom. The van der Waals surface area contributed by atoms with E-state index in [0.717, 1.165) is 42.3 Å². The molecule has 1 amide bonds. The Morgan fingerprint density at radius 1 is 0.880 bits per heavy atom. The molecule has 0 bridgehead atoms. The molecule has 25 heavy (non-hydrogen) atoms. The summed E-state index contributed by atoms with van der Waals surface area (Å²) in [5.74, 6) is 3.32. The second-order valence-electron chi connectivity index (χ2n) is 5.80. The fraction of sp³-hybridized carbons (Fsp3) is 0.350. The van der Waals surface area contributed by atoms with Crippen LogP contribution in [0.2, 0.25) is 0 Å². The first-order valence-electron chi connectivity index (χ1n) is 8.45. The third-order valence-corrected chi connectivity index (χ3v) is 4.56. The molecule has 0 saturated carbocycles. The van der Waals surface area contributed by atoms with Crippen LogP contribution >= 0.6 is 11.8 Å². The molecule has 0 atom stereocenters. The topological polar surface area (TPSA) is 38.8 Å². The first-order valence-corrected chi connectivity index (χ1v) is 9.43. The molecule has 2 aromatic carbocycles. The van der Waals surface area contributed by atoms with Crippen LogP contribution in [0.15, 0.2) is 54.6 Å². The molecule has 0 aliphatic rings. The third kappa shape index (κ3) is 7.52. The van der Waals surface area contributed by atoms with Crippen molar-refractivity contribution in [3.05, 3.63) is 54.6 Å². The summed E-state index contributed by atoms with van der Waals surface area (Å²) >= 11 is 1.37. The highest BCUT2D eigenvalue weighted by Crippen LogP contribution is 2.23. The quantitative estimate of drug-likeness (QED) is 0.559. The number of thioether (sulfide) groups is 1. The Bertz CT molecular complexity index is 629. The molecule has 2 rings (SSSR count).